The molecule has 4 aromatic rings. The lowest BCUT2D eigenvalue weighted by Crippen LogP contribution is -2.39. The van der Waals surface area contributed by atoms with Crippen LogP contribution < -0.4 is 20.7 Å². The zero-order valence-corrected chi connectivity index (χ0v) is 32.6. The van der Waals surface area contributed by atoms with Crippen LogP contribution in [0.15, 0.2) is 94.6 Å². The average Bonchev–Trinajstić information content (AvgIpc) is 3.57. The number of methoxy groups -OCH3 is 2. The second kappa shape index (κ2) is 18.9. The number of alkyl halides is 2. The monoisotopic (exact) mass is 780 g/mol. The summed E-state index contributed by atoms with van der Waals surface area (Å²) >= 11 is 0. The van der Waals surface area contributed by atoms with Gasteiger partial charge in [0.25, 0.3) is 20.5 Å². The van der Waals surface area contributed by atoms with Crippen LogP contribution >= 0.6 is 8.53 Å². The molecule has 0 aliphatic carbocycles. The van der Waals surface area contributed by atoms with Gasteiger partial charge in [0.2, 0.25) is 0 Å². The molecule has 1 aliphatic heterocycles. The summed E-state index contributed by atoms with van der Waals surface area (Å²) in [5.41, 5.74) is -1.86. The first-order chi connectivity index (χ1) is 26.4. The maximum atomic E-state index is 13.9. The van der Waals surface area contributed by atoms with Gasteiger partial charge >= 0.3 is 5.69 Å². The standard InChI is InChI=1S/C40H47F2N4O8P/c1-26(2)46(27(3)4)55(52-22-10-21-43)54-34-23-36(45-24-33(37(41)42)38(47)44-39(45)48)53-35(34)25-51-40(28-11-8-7-9-12-28,29-13-17-31(49-5)18-14-29)30-15-19-32(50-6)20-16-30/h7-9,11-20,24,26-27,34-37H,10,22-23,25H2,1-6H3,(H,44,47,48)/t34-,35+,36+,55?/m0/s1. The van der Waals surface area contributed by atoms with Gasteiger partial charge in [-0.05, 0) is 68.7 Å². The number of H-pyrrole nitrogens is 1. The molecule has 0 bridgehead atoms. The molecule has 5 rings (SSSR count). The van der Waals surface area contributed by atoms with E-state index in [4.69, 9.17) is 28.0 Å². The molecule has 1 fully saturated rings. The largest absolute Gasteiger partial charge is 0.497 e. The minimum atomic E-state index is -3.13. The van der Waals surface area contributed by atoms with Gasteiger partial charge in [-0.1, -0.05) is 54.6 Å². The van der Waals surface area contributed by atoms with E-state index < -0.39 is 55.8 Å². The lowest BCUT2D eigenvalue weighted by atomic mass is 9.80. The highest BCUT2D eigenvalue weighted by Gasteiger charge is 2.45. The molecule has 294 valence electrons. The van der Waals surface area contributed by atoms with Gasteiger partial charge in [0.1, 0.15) is 29.4 Å². The first-order valence-corrected chi connectivity index (χ1v) is 19.1. The normalized spacial score (nSPS) is 17.9. The van der Waals surface area contributed by atoms with E-state index in [-0.39, 0.29) is 38.1 Å². The van der Waals surface area contributed by atoms with E-state index in [1.807, 2.05) is 112 Å². The predicted molar refractivity (Wildman–Crippen MR) is 203 cm³/mol. The topological polar surface area (TPSA) is 137 Å². The van der Waals surface area contributed by atoms with Crippen molar-refractivity contribution in [3.63, 3.8) is 0 Å². The molecule has 0 radical (unpaired) electrons. The van der Waals surface area contributed by atoms with Crippen molar-refractivity contribution in [1.29, 1.82) is 5.26 Å². The minimum Gasteiger partial charge on any atom is -0.497 e. The lowest BCUT2D eigenvalue weighted by molar-refractivity contribution is -0.0927. The fraction of sp³-hybridized carbons (Fsp3) is 0.425. The first-order valence-electron chi connectivity index (χ1n) is 18.0. The third-order valence-corrected chi connectivity index (χ3v) is 11.4. The van der Waals surface area contributed by atoms with Crippen LogP contribution in [0.4, 0.5) is 8.78 Å². The van der Waals surface area contributed by atoms with Gasteiger partial charge in [-0.15, -0.1) is 0 Å². The van der Waals surface area contributed by atoms with Crippen LogP contribution in [-0.2, 0) is 24.1 Å². The van der Waals surface area contributed by atoms with Crippen molar-refractivity contribution in [3.8, 4) is 17.6 Å². The van der Waals surface area contributed by atoms with Crippen molar-refractivity contribution >= 4 is 8.53 Å². The highest BCUT2D eigenvalue weighted by atomic mass is 31.2. The van der Waals surface area contributed by atoms with E-state index >= 15 is 0 Å². The highest BCUT2D eigenvalue weighted by Crippen LogP contribution is 2.50. The first kappa shape index (κ1) is 41.7. The van der Waals surface area contributed by atoms with E-state index in [2.05, 4.69) is 10.7 Å². The molecule has 3 aromatic carbocycles. The number of hydrogen-bond donors (Lipinski definition) is 1. The Bertz CT molecular complexity index is 1930. The molecule has 1 saturated heterocycles. The molecule has 12 nitrogen and oxygen atoms in total. The Kier molecular flexibility index (Phi) is 14.3. The summed E-state index contributed by atoms with van der Waals surface area (Å²) in [6.07, 6.45) is -4.94. The van der Waals surface area contributed by atoms with E-state index in [0.717, 1.165) is 27.5 Å². The number of rotatable bonds is 18. The van der Waals surface area contributed by atoms with Crippen molar-refractivity contribution in [2.45, 2.75) is 83.1 Å². The van der Waals surface area contributed by atoms with Crippen LogP contribution in [0.3, 0.4) is 0 Å². The minimum absolute atomic E-state index is 0.0210. The maximum absolute atomic E-state index is 13.9. The number of aromatic nitrogens is 2. The molecular weight excluding hydrogens is 733 g/mol. The summed E-state index contributed by atoms with van der Waals surface area (Å²) in [4.78, 5) is 27.4. The number of ether oxygens (including phenoxy) is 4. The van der Waals surface area contributed by atoms with Crippen LogP contribution in [-0.4, -0.2) is 65.9 Å². The highest BCUT2D eigenvalue weighted by molar-refractivity contribution is 7.44. The van der Waals surface area contributed by atoms with Gasteiger partial charge < -0.3 is 28.0 Å². The molecule has 15 heteroatoms. The number of benzene rings is 3. The molecule has 0 saturated carbocycles. The van der Waals surface area contributed by atoms with E-state index in [0.29, 0.717) is 11.5 Å². The van der Waals surface area contributed by atoms with Crippen molar-refractivity contribution in [2.75, 3.05) is 27.4 Å². The fourth-order valence-electron chi connectivity index (χ4n) is 6.69. The van der Waals surface area contributed by atoms with Crippen LogP contribution in [0, 0.1) is 11.3 Å². The summed E-state index contributed by atoms with van der Waals surface area (Å²) in [7, 11) is 1.38. The number of hydrogen-bond acceptors (Lipinski definition) is 10. The Morgan fingerprint density at radius 2 is 1.49 bits per heavy atom. The van der Waals surface area contributed by atoms with Gasteiger partial charge in [-0.2, -0.15) is 5.26 Å². The van der Waals surface area contributed by atoms with Crippen molar-refractivity contribution in [2.24, 2.45) is 0 Å². The molecule has 1 N–H and O–H groups in total. The van der Waals surface area contributed by atoms with E-state index in [1.165, 1.54) is 0 Å². The fourth-order valence-corrected chi connectivity index (χ4v) is 8.45. The van der Waals surface area contributed by atoms with E-state index in [9.17, 15) is 23.6 Å². The quantitative estimate of drug-likeness (QED) is 0.0616. The maximum Gasteiger partial charge on any atom is 0.330 e. The smallest absolute Gasteiger partial charge is 0.330 e. The third kappa shape index (κ3) is 9.50. The Labute approximate surface area is 320 Å². The Morgan fingerprint density at radius 3 is 2.00 bits per heavy atom. The van der Waals surface area contributed by atoms with Crippen molar-refractivity contribution in [3.05, 3.63) is 128 Å². The lowest BCUT2D eigenvalue weighted by Gasteiger charge is -2.39. The van der Waals surface area contributed by atoms with Crippen molar-refractivity contribution in [1.82, 2.24) is 14.2 Å². The molecule has 55 heavy (non-hydrogen) atoms. The Hall–Kier alpha value is -4.48. The van der Waals surface area contributed by atoms with Crippen LogP contribution in [0.25, 0.3) is 0 Å². The number of nitriles is 1. The molecular formula is C40H47F2N4O8P. The van der Waals surface area contributed by atoms with Crippen molar-refractivity contribution < 1.29 is 36.8 Å². The van der Waals surface area contributed by atoms with Gasteiger partial charge in [0.15, 0.2) is 0 Å². The summed E-state index contributed by atoms with van der Waals surface area (Å²) < 4.78 is 68.4. The zero-order chi connectivity index (χ0) is 39.7. The Balaban J connectivity index is 1.62. The number of nitrogens with one attached hydrogen (secondary N) is 1. The van der Waals surface area contributed by atoms with Crippen LogP contribution in [0.2, 0.25) is 0 Å². The summed E-state index contributed by atoms with van der Waals surface area (Å²) in [6, 6.07) is 26.7. The molecule has 1 unspecified atom stereocenters. The summed E-state index contributed by atoms with van der Waals surface area (Å²) in [5, 5.41) is 9.28. The molecule has 2 heterocycles. The molecule has 1 aliphatic rings. The van der Waals surface area contributed by atoms with Crippen LogP contribution in [0.1, 0.15) is 75.4 Å². The molecule has 4 atom stereocenters. The van der Waals surface area contributed by atoms with E-state index in [1.54, 1.807) is 14.2 Å². The summed E-state index contributed by atoms with van der Waals surface area (Å²) in [6.45, 7) is 8.02. The SMILES string of the molecule is COc1ccc(C(OC[C@H]2O[C@@H](n3cc(C(F)F)c(=O)[nH]c3=O)C[C@@H]2OP(OCCC#N)N(C(C)C)C(C)C)(c2ccccc2)c2ccc(OC)cc2)cc1. The Morgan fingerprint density at radius 1 is 0.927 bits per heavy atom. The van der Waals surface area contributed by atoms with Gasteiger partial charge in [-0.25, -0.2) is 18.2 Å². The molecule has 0 amide bonds. The van der Waals surface area contributed by atoms with Crippen LogP contribution in [0.5, 0.6) is 11.5 Å². The second-order valence-corrected chi connectivity index (χ2v) is 14.8. The van der Waals surface area contributed by atoms with Gasteiger partial charge in [0.05, 0.1) is 51.6 Å². The second-order valence-electron chi connectivity index (χ2n) is 13.4. The summed E-state index contributed by atoms with van der Waals surface area (Å²) in [5.74, 6) is 1.30. The predicted octanol–water partition coefficient (Wildman–Crippen LogP) is 7.45. The zero-order valence-electron chi connectivity index (χ0n) is 31.7. The number of halogens is 2. The van der Waals surface area contributed by atoms with Gasteiger partial charge in [0, 0.05) is 24.7 Å². The number of nitrogens with zero attached hydrogens (tertiary/aromatic N) is 3. The molecule has 0 spiro atoms. The number of aromatic amines is 1. The van der Waals surface area contributed by atoms with Gasteiger partial charge in [-0.3, -0.25) is 14.3 Å². The third-order valence-electron chi connectivity index (χ3n) is 9.25. The molecule has 1 aromatic heterocycles. The average molecular weight is 781 g/mol.